The van der Waals surface area contributed by atoms with Gasteiger partial charge in [0.15, 0.2) is 0 Å². The number of rotatable bonds is 13. The molecule has 0 spiro atoms. The molecule has 0 aliphatic heterocycles. The van der Waals surface area contributed by atoms with Crippen LogP contribution in [0.4, 0.5) is 10.5 Å². The molecule has 0 fully saturated rings. The highest BCUT2D eigenvalue weighted by atomic mass is 32.2. The van der Waals surface area contributed by atoms with Gasteiger partial charge in [-0.3, -0.25) is 0 Å². The fraction of sp³-hybridized carbons (Fsp3) is 0.562. The summed E-state index contributed by atoms with van der Waals surface area (Å²) in [6.07, 6.45) is 0.588. The molecule has 13 heteroatoms. The Morgan fingerprint density at radius 2 is 1.79 bits per heavy atom. The molecule has 0 saturated carbocycles. The zero-order valence-electron chi connectivity index (χ0n) is 16.8. The largest absolute Gasteiger partial charge is 0.500 e. The number of nitrogens with zero attached hydrogens (tertiary/aromatic N) is 3. The molecule has 29 heavy (non-hydrogen) atoms. The lowest BCUT2D eigenvalue weighted by atomic mass is 10.3. The van der Waals surface area contributed by atoms with E-state index in [0.717, 1.165) is 0 Å². The predicted molar refractivity (Wildman–Crippen MR) is 110 cm³/mol. The van der Waals surface area contributed by atoms with Crippen LogP contribution < -0.4 is 10.6 Å². The summed E-state index contributed by atoms with van der Waals surface area (Å²) in [7, 11) is -6.88. The summed E-state index contributed by atoms with van der Waals surface area (Å²) in [6.45, 7) is 7.43. The van der Waals surface area contributed by atoms with E-state index in [2.05, 4.69) is 20.1 Å². The number of amides is 2. The third-order valence-corrected chi connectivity index (χ3v) is 7.86. The Morgan fingerprint density at radius 3 is 2.34 bits per heavy atom. The van der Waals surface area contributed by atoms with Crippen LogP contribution in [-0.2, 0) is 23.3 Å². The van der Waals surface area contributed by atoms with Crippen molar-refractivity contribution in [3.05, 3.63) is 34.7 Å². The third-order valence-electron chi connectivity index (χ3n) is 3.57. The maximum Gasteiger partial charge on any atom is 0.500 e. The van der Waals surface area contributed by atoms with Crippen molar-refractivity contribution in [1.82, 2.24) is 5.32 Å². The van der Waals surface area contributed by atoms with Gasteiger partial charge >= 0.3 is 14.8 Å². The molecule has 0 saturated heterocycles. The molecule has 2 N–H and O–H groups in total. The number of carbonyl (C=O) groups is 1. The van der Waals surface area contributed by atoms with Gasteiger partial charge in [-0.2, -0.15) is 0 Å². The fourth-order valence-corrected chi connectivity index (χ4v) is 5.84. The minimum absolute atomic E-state index is 0.214. The van der Waals surface area contributed by atoms with E-state index in [-0.39, 0.29) is 10.6 Å². The lowest BCUT2D eigenvalue weighted by Crippen LogP contribution is -2.46. The number of hydrogen-bond donors (Lipinski definition) is 2. The normalized spacial score (nSPS) is 11.6. The molecule has 0 radical (unpaired) electrons. The van der Waals surface area contributed by atoms with Crippen LogP contribution in [-0.4, -0.2) is 49.6 Å². The van der Waals surface area contributed by atoms with Crippen molar-refractivity contribution in [2.24, 2.45) is 4.52 Å². The number of anilines is 1. The van der Waals surface area contributed by atoms with E-state index in [4.69, 9.17) is 18.8 Å². The smallest absolute Gasteiger partial charge is 0.374 e. The van der Waals surface area contributed by atoms with Gasteiger partial charge in [0.1, 0.15) is 0 Å². The van der Waals surface area contributed by atoms with Crippen LogP contribution in [0.25, 0.3) is 10.4 Å². The Kier molecular flexibility index (Phi) is 10.7. The molecule has 0 aliphatic rings. The maximum absolute atomic E-state index is 12.1. The molecular weight excluding hydrogens is 418 g/mol. The lowest BCUT2D eigenvalue weighted by Gasteiger charge is -2.28. The van der Waals surface area contributed by atoms with Crippen molar-refractivity contribution in [3.8, 4) is 0 Å². The average Bonchev–Trinajstić information content (AvgIpc) is 2.66. The van der Waals surface area contributed by atoms with Crippen LogP contribution in [0, 0.1) is 0 Å². The quantitative estimate of drug-likeness (QED) is 0.156. The van der Waals surface area contributed by atoms with Gasteiger partial charge in [-0.1, -0.05) is 6.07 Å². The van der Waals surface area contributed by atoms with Gasteiger partial charge in [0.05, 0.1) is 4.90 Å². The summed E-state index contributed by atoms with van der Waals surface area (Å²) in [4.78, 5) is 14.1. The average molecular weight is 446 g/mol. The van der Waals surface area contributed by atoms with Gasteiger partial charge in [0.25, 0.3) is 10.0 Å². The van der Waals surface area contributed by atoms with E-state index in [9.17, 15) is 13.2 Å². The van der Waals surface area contributed by atoms with Crippen molar-refractivity contribution in [2.45, 2.75) is 38.1 Å². The zero-order valence-corrected chi connectivity index (χ0v) is 18.6. The van der Waals surface area contributed by atoms with Gasteiger partial charge in [0, 0.05) is 47.5 Å². The van der Waals surface area contributed by atoms with E-state index < -0.39 is 24.9 Å². The highest BCUT2D eigenvalue weighted by molar-refractivity contribution is 7.90. The van der Waals surface area contributed by atoms with Gasteiger partial charge < -0.3 is 23.9 Å². The van der Waals surface area contributed by atoms with E-state index in [0.29, 0.717) is 38.8 Å². The van der Waals surface area contributed by atoms with Gasteiger partial charge in [-0.25, -0.2) is 13.2 Å². The van der Waals surface area contributed by atoms with Crippen molar-refractivity contribution in [2.75, 3.05) is 31.7 Å². The van der Waals surface area contributed by atoms with E-state index >= 15 is 0 Å². The second-order valence-corrected chi connectivity index (χ2v) is 9.96. The summed E-state index contributed by atoms with van der Waals surface area (Å²) in [5.74, 6) is 0. The number of hydrogen-bond acceptors (Lipinski definition) is 6. The Balaban J connectivity index is 2.60. The molecule has 0 heterocycles. The monoisotopic (exact) mass is 445 g/mol. The minimum atomic E-state index is -4.12. The first-order valence-electron chi connectivity index (χ1n) is 9.20. The van der Waals surface area contributed by atoms with Crippen LogP contribution in [0.3, 0.4) is 0 Å². The maximum atomic E-state index is 12.1. The van der Waals surface area contributed by atoms with Crippen LogP contribution in [0.1, 0.15) is 27.2 Å². The van der Waals surface area contributed by atoms with Crippen LogP contribution in [0.5, 0.6) is 0 Å². The summed E-state index contributed by atoms with van der Waals surface area (Å²) >= 11 is 0. The molecule has 0 aliphatic carbocycles. The van der Waals surface area contributed by atoms with E-state index in [1.165, 1.54) is 24.3 Å². The van der Waals surface area contributed by atoms with Crippen LogP contribution >= 0.6 is 0 Å². The molecule has 0 aromatic heterocycles. The lowest BCUT2D eigenvalue weighted by molar-refractivity contribution is 0.0708. The fourth-order valence-electron chi connectivity index (χ4n) is 2.51. The third kappa shape index (κ3) is 8.39. The Hall–Kier alpha value is -2.15. The number of benzene rings is 1. The summed E-state index contributed by atoms with van der Waals surface area (Å²) in [5.41, 5.74) is 8.58. The van der Waals surface area contributed by atoms with Crippen LogP contribution in [0.2, 0.25) is 6.04 Å². The van der Waals surface area contributed by atoms with Gasteiger partial charge in [-0.15, -0.1) is 0 Å². The number of carbonyl (C=O) groups excluding carboxylic acids is 1. The molecule has 0 unspecified atom stereocenters. The Morgan fingerprint density at radius 1 is 1.17 bits per heavy atom. The number of azide groups is 1. The molecule has 2 amide bonds. The van der Waals surface area contributed by atoms with Gasteiger partial charge in [0.2, 0.25) is 0 Å². The molecule has 162 valence electrons. The second-order valence-electron chi connectivity index (χ2n) is 5.64. The molecule has 1 aromatic rings. The topological polar surface area (TPSA) is 152 Å². The van der Waals surface area contributed by atoms with Crippen LogP contribution in [0.15, 0.2) is 33.7 Å². The highest BCUT2D eigenvalue weighted by Crippen LogP contribution is 2.19. The minimum Gasteiger partial charge on any atom is -0.374 e. The summed E-state index contributed by atoms with van der Waals surface area (Å²) in [5, 5.41) is 5.23. The zero-order chi connectivity index (χ0) is 21.8. The first-order chi connectivity index (χ1) is 13.8. The predicted octanol–water partition coefficient (Wildman–Crippen LogP) is 3.25. The van der Waals surface area contributed by atoms with Crippen molar-refractivity contribution in [1.29, 1.82) is 0 Å². The first kappa shape index (κ1) is 24.9. The highest BCUT2D eigenvalue weighted by Gasteiger charge is 2.39. The van der Waals surface area contributed by atoms with E-state index in [1.54, 1.807) is 0 Å². The Bertz CT molecular complexity index is 799. The molecule has 0 bridgehead atoms. The summed E-state index contributed by atoms with van der Waals surface area (Å²) < 4.78 is 43.5. The SMILES string of the molecule is CCO[Si](CCCNC(=O)Nc1cccc(S(=O)(=O)N=[N+]=[N-])c1)(OCC)OCC. The standard InChI is InChI=1S/C16H27N5O6SSi/c1-4-25-29(26-5-2,27-6-3)12-8-11-18-16(22)19-14-9-7-10-15(13-14)28(23,24)21-20-17/h7,9-10,13H,4-6,8,11-12H2,1-3H3,(H2,18,19,22). The van der Waals surface area contributed by atoms with Gasteiger partial charge in [-0.05, 0) is 50.9 Å². The molecule has 1 rings (SSSR count). The first-order valence-corrected chi connectivity index (χ1v) is 12.6. The van der Waals surface area contributed by atoms with Crippen molar-refractivity contribution in [3.63, 3.8) is 0 Å². The Labute approximate surface area is 171 Å². The van der Waals surface area contributed by atoms with Crippen molar-refractivity contribution >= 4 is 30.5 Å². The molecule has 0 atom stereocenters. The molecular formula is C16H27N5O6SSi. The summed E-state index contributed by atoms with van der Waals surface area (Å²) in [6, 6.07) is 5.49. The number of urea groups is 1. The second kappa shape index (κ2) is 12.4. The van der Waals surface area contributed by atoms with Crippen molar-refractivity contribution < 1.29 is 26.5 Å². The van der Waals surface area contributed by atoms with E-state index in [1.807, 2.05) is 20.8 Å². The molecule has 1 aromatic carbocycles. The number of nitrogens with one attached hydrogen (secondary N) is 2. The number of sulfonamides is 1. The molecule has 11 nitrogen and oxygen atoms in total.